The molecular formula is C10H6F5IO. The molecule has 0 saturated heterocycles. The van der Waals surface area contributed by atoms with Crippen LogP contribution in [-0.2, 0) is 6.18 Å². The van der Waals surface area contributed by atoms with Crippen LogP contribution in [0.4, 0.5) is 22.0 Å². The molecule has 1 rings (SSSR count). The molecule has 94 valence electrons. The number of rotatable bonds is 2. The Bertz CT molecular complexity index is 453. The van der Waals surface area contributed by atoms with Gasteiger partial charge in [0, 0.05) is 14.7 Å². The van der Waals surface area contributed by atoms with Gasteiger partial charge in [0.15, 0.2) is 5.78 Å². The summed E-state index contributed by atoms with van der Waals surface area (Å²) in [6.45, 7) is 0.953. The third-order valence-corrected chi connectivity index (χ3v) is 2.95. The van der Waals surface area contributed by atoms with Crippen LogP contribution in [0, 0.1) is 3.57 Å². The Balaban J connectivity index is 3.51. The molecule has 0 N–H and O–H groups in total. The van der Waals surface area contributed by atoms with E-state index in [-0.39, 0.29) is 3.57 Å². The Morgan fingerprint density at radius 3 is 2.18 bits per heavy atom. The van der Waals surface area contributed by atoms with Crippen LogP contribution in [0.25, 0.3) is 0 Å². The number of alkyl halides is 5. The van der Waals surface area contributed by atoms with Crippen LogP contribution in [0.15, 0.2) is 12.1 Å². The summed E-state index contributed by atoms with van der Waals surface area (Å²) in [5.74, 6) is -0.817. The van der Waals surface area contributed by atoms with Crippen LogP contribution in [0.1, 0.15) is 34.8 Å². The molecule has 0 aliphatic heterocycles. The van der Waals surface area contributed by atoms with Crippen LogP contribution in [-0.4, -0.2) is 5.78 Å². The Morgan fingerprint density at radius 1 is 1.29 bits per heavy atom. The lowest BCUT2D eigenvalue weighted by Crippen LogP contribution is -2.11. The highest BCUT2D eigenvalue weighted by atomic mass is 127. The monoisotopic (exact) mass is 364 g/mol. The van der Waals surface area contributed by atoms with Crippen molar-refractivity contribution in [1.82, 2.24) is 0 Å². The standard InChI is InChI=1S/C10H6F5IO/c1-4(17)5-2-7(10(13,14)15)8(16)3-6(5)9(11)12/h2-3,9H,1H3. The lowest BCUT2D eigenvalue weighted by molar-refractivity contribution is -0.138. The van der Waals surface area contributed by atoms with Gasteiger partial charge in [-0.25, -0.2) is 8.78 Å². The maximum atomic E-state index is 12.6. The quantitative estimate of drug-likeness (QED) is 0.431. The highest BCUT2D eigenvalue weighted by Gasteiger charge is 2.35. The van der Waals surface area contributed by atoms with Crippen LogP contribution < -0.4 is 0 Å². The van der Waals surface area contributed by atoms with Crippen molar-refractivity contribution in [2.45, 2.75) is 19.5 Å². The second kappa shape index (κ2) is 4.87. The van der Waals surface area contributed by atoms with E-state index in [1.165, 1.54) is 22.6 Å². The van der Waals surface area contributed by atoms with Crippen molar-refractivity contribution >= 4 is 28.4 Å². The normalized spacial score (nSPS) is 12.0. The van der Waals surface area contributed by atoms with Gasteiger partial charge in [-0.15, -0.1) is 0 Å². The molecule has 0 atom stereocenters. The van der Waals surface area contributed by atoms with E-state index in [0.717, 1.165) is 6.92 Å². The predicted octanol–water partition coefficient (Wildman–Crippen LogP) is 4.45. The zero-order chi connectivity index (χ0) is 13.4. The molecule has 0 unspecified atom stereocenters. The molecule has 1 aromatic rings. The smallest absolute Gasteiger partial charge is 0.294 e. The SMILES string of the molecule is CC(=O)c1cc(C(F)(F)F)c(I)cc1C(F)F. The van der Waals surface area contributed by atoms with Crippen LogP contribution >= 0.6 is 22.6 Å². The topological polar surface area (TPSA) is 17.1 Å². The van der Waals surface area contributed by atoms with E-state index in [0.29, 0.717) is 12.1 Å². The molecule has 1 nitrogen and oxygen atoms in total. The number of carbonyl (C=O) groups is 1. The molecule has 0 radical (unpaired) electrons. The van der Waals surface area contributed by atoms with Gasteiger partial charge >= 0.3 is 6.18 Å². The molecule has 0 aliphatic rings. The average molecular weight is 364 g/mol. The van der Waals surface area contributed by atoms with Crippen molar-refractivity contribution in [1.29, 1.82) is 0 Å². The summed E-state index contributed by atoms with van der Waals surface area (Å²) in [6.07, 6.45) is -7.65. The first-order chi connectivity index (χ1) is 7.64. The van der Waals surface area contributed by atoms with Gasteiger partial charge in [-0.1, -0.05) is 0 Å². The van der Waals surface area contributed by atoms with Gasteiger partial charge in [0.25, 0.3) is 6.43 Å². The minimum Gasteiger partial charge on any atom is -0.294 e. The number of hydrogen-bond donors (Lipinski definition) is 0. The summed E-state index contributed by atoms with van der Waals surface area (Å²) < 4.78 is 62.3. The number of halogens is 6. The van der Waals surface area contributed by atoms with E-state index < -0.39 is 35.1 Å². The van der Waals surface area contributed by atoms with E-state index >= 15 is 0 Å². The van der Waals surface area contributed by atoms with Crippen molar-refractivity contribution < 1.29 is 26.7 Å². The van der Waals surface area contributed by atoms with Gasteiger partial charge in [-0.05, 0) is 41.6 Å². The van der Waals surface area contributed by atoms with E-state index in [1.54, 1.807) is 0 Å². The summed E-state index contributed by atoms with van der Waals surface area (Å²) in [7, 11) is 0. The van der Waals surface area contributed by atoms with Crippen LogP contribution in [0.5, 0.6) is 0 Å². The van der Waals surface area contributed by atoms with Crippen molar-refractivity contribution in [2.75, 3.05) is 0 Å². The van der Waals surface area contributed by atoms with Crippen LogP contribution in [0.2, 0.25) is 0 Å². The highest BCUT2D eigenvalue weighted by molar-refractivity contribution is 14.1. The molecule has 0 fully saturated rings. The van der Waals surface area contributed by atoms with E-state index in [9.17, 15) is 26.7 Å². The number of Topliss-reactive ketones (excluding diaryl/α,β-unsaturated/α-hetero) is 1. The zero-order valence-corrected chi connectivity index (χ0v) is 10.6. The fourth-order valence-corrected chi connectivity index (χ4v) is 2.09. The third-order valence-electron chi connectivity index (χ3n) is 2.06. The lowest BCUT2D eigenvalue weighted by Gasteiger charge is -2.13. The number of benzene rings is 1. The van der Waals surface area contributed by atoms with Gasteiger partial charge in [-0.2, -0.15) is 13.2 Å². The molecule has 0 aromatic heterocycles. The molecule has 0 saturated carbocycles. The Labute approximate surface area is 107 Å². The fraction of sp³-hybridized carbons (Fsp3) is 0.300. The van der Waals surface area contributed by atoms with Crippen molar-refractivity contribution in [3.8, 4) is 0 Å². The number of ketones is 1. The van der Waals surface area contributed by atoms with E-state index in [4.69, 9.17) is 0 Å². The average Bonchev–Trinajstić information content (AvgIpc) is 2.14. The van der Waals surface area contributed by atoms with E-state index in [1.807, 2.05) is 0 Å². The largest absolute Gasteiger partial charge is 0.417 e. The second-order valence-electron chi connectivity index (χ2n) is 3.27. The Kier molecular flexibility index (Phi) is 4.11. The lowest BCUT2D eigenvalue weighted by atomic mass is 10.0. The fourth-order valence-electron chi connectivity index (χ4n) is 1.29. The molecule has 7 heteroatoms. The summed E-state index contributed by atoms with van der Waals surface area (Å²) >= 11 is 1.32. The molecule has 0 aliphatic carbocycles. The summed E-state index contributed by atoms with van der Waals surface area (Å²) in [5.41, 5.74) is -2.34. The van der Waals surface area contributed by atoms with Gasteiger partial charge in [-0.3, -0.25) is 4.79 Å². The van der Waals surface area contributed by atoms with E-state index in [2.05, 4.69) is 0 Å². The maximum Gasteiger partial charge on any atom is 0.417 e. The minimum atomic E-state index is -4.67. The van der Waals surface area contributed by atoms with Gasteiger partial charge in [0.2, 0.25) is 0 Å². The summed E-state index contributed by atoms with van der Waals surface area (Å²) in [5, 5.41) is 0. The third kappa shape index (κ3) is 3.14. The predicted molar refractivity (Wildman–Crippen MR) is 59.1 cm³/mol. The summed E-state index contributed by atoms with van der Waals surface area (Å²) in [6, 6.07) is 1.18. The molecule has 0 spiro atoms. The first kappa shape index (κ1) is 14.3. The number of hydrogen-bond acceptors (Lipinski definition) is 1. The minimum absolute atomic E-state index is 0.351. The zero-order valence-electron chi connectivity index (χ0n) is 8.41. The Hall–Kier alpha value is -0.730. The molecule has 17 heavy (non-hydrogen) atoms. The van der Waals surface area contributed by atoms with Crippen LogP contribution in [0.3, 0.4) is 0 Å². The first-order valence-corrected chi connectivity index (χ1v) is 5.42. The van der Waals surface area contributed by atoms with Crippen molar-refractivity contribution in [3.05, 3.63) is 32.4 Å². The van der Waals surface area contributed by atoms with Crippen molar-refractivity contribution in [3.63, 3.8) is 0 Å². The van der Waals surface area contributed by atoms with Crippen molar-refractivity contribution in [2.24, 2.45) is 0 Å². The highest BCUT2D eigenvalue weighted by Crippen LogP contribution is 2.36. The molecule has 1 aromatic carbocycles. The summed E-state index contributed by atoms with van der Waals surface area (Å²) in [4.78, 5) is 11.1. The van der Waals surface area contributed by atoms with Gasteiger partial charge < -0.3 is 0 Å². The second-order valence-corrected chi connectivity index (χ2v) is 4.44. The molecular weight excluding hydrogens is 358 g/mol. The molecule has 0 amide bonds. The molecule has 0 heterocycles. The van der Waals surface area contributed by atoms with Gasteiger partial charge in [0.1, 0.15) is 0 Å². The van der Waals surface area contributed by atoms with Gasteiger partial charge in [0.05, 0.1) is 5.56 Å². The molecule has 0 bridgehead atoms. The number of carbonyl (C=O) groups excluding carboxylic acids is 1. The maximum absolute atomic E-state index is 12.6. The first-order valence-electron chi connectivity index (χ1n) is 4.34. The Morgan fingerprint density at radius 2 is 1.82 bits per heavy atom.